The molecule has 0 atom stereocenters. The van der Waals surface area contributed by atoms with Gasteiger partial charge in [-0.25, -0.2) is 4.79 Å². The maximum Gasteiger partial charge on any atom is 0.375 e. The van der Waals surface area contributed by atoms with Gasteiger partial charge in [-0.1, -0.05) is 0 Å². The maximum absolute atomic E-state index is 11.9. The molecule has 0 saturated heterocycles. The monoisotopic (exact) mass is 139 g/mol. The Morgan fingerprint density at radius 1 is 1.78 bits per heavy atom. The molecule has 0 rings (SSSR count). The number of halogens is 2. The zero-order valence-electron chi connectivity index (χ0n) is 4.82. The summed E-state index contributed by atoms with van der Waals surface area (Å²) < 4.78 is 23.8. The zero-order valence-corrected chi connectivity index (χ0v) is 4.82. The van der Waals surface area contributed by atoms with E-state index in [2.05, 4.69) is 5.32 Å². The van der Waals surface area contributed by atoms with Crippen LogP contribution in [0.5, 0.6) is 0 Å². The number of hydrogen-bond acceptors (Lipinski definition) is 2. The summed E-state index contributed by atoms with van der Waals surface area (Å²) in [6.07, 6.45) is 0. The van der Waals surface area contributed by atoms with Crippen molar-refractivity contribution in [1.82, 2.24) is 5.32 Å². The van der Waals surface area contributed by atoms with Gasteiger partial charge in [0.1, 0.15) is 0 Å². The molecule has 9 heavy (non-hydrogen) atoms. The molecule has 0 aromatic carbocycles. The normalized spacial score (nSPS) is 11.4. The molecular weight excluding hydrogens is 132 g/mol. The van der Waals surface area contributed by atoms with Crippen LogP contribution in [0.2, 0.25) is 0 Å². The van der Waals surface area contributed by atoms with Crippen molar-refractivity contribution in [3.8, 4) is 0 Å². The Labute approximate surface area is 50.7 Å². The molecule has 0 fully saturated rings. The summed E-state index contributed by atoms with van der Waals surface area (Å²) in [4.78, 5) is 9.62. The van der Waals surface area contributed by atoms with Crippen LogP contribution >= 0.6 is 0 Å². The molecule has 0 unspecified atom stereocenters. The molecule has 0 aromatic heterocycles. The Morgan fingerprint density at radius 3 is 2.33 bits per heavy atom. The number of rotatable bonds is 3. The van der Waals surface area contributed by atoms with E-state index in [0.717, 1.165) is 0 Å². The van der Waals surface area contributed by atoms with Crippen LogP contribution in [0.4, 0.5) is 8.78 Å². The molecular formula is C4H7F2NO2. The highest BCUT2D eigenvalue weighted by Gasteiger charge is 2.37. The van der Waals surface area contributed by atoms with Gasteiger partial charge < -0.3 is 10.4 Å². The van der Waals surface area contributed by atoms with E-state index in [4.69, 9.17) is 5.11 Å². The Balaban J connectivity index is 3.85. The van der Waals surface area contributed by atoms with Crippen LogP contribution in [-0.2, 0) is 4.79 Å². The fourth-order valence-electron chi connectivity index (χ4n) is 0.298. The van der Waals surface area contributed by atoms with Crippen LogP contribution in [0.3, 0.4) is 0 Å². The fourth-order valence-corrected chi connectivity index (χ4v) is 0.298. The standard InChI is InChI=1S/C4H7F2NO2/c1-7-2-4(5,6)3(8)9/h7H,2H2,1H3,(H,8,9). The summed E-state index contributed by atoms with van der Waals surface area (Å²) in [7, 11) is 1.26. The molecule has 0 saturated carbocycles. The number of hydrogen-bond donors (Lipinski definition) is 2. The Kier molecular flexibility index (Phi) is 2.51. The van der Waals surface area contributed by atoms with E-state index in [1.807, 2.05) is 0 Å². The highest BCUT2D eigenvalue weighted by atomic mass is 19.3. The van der Waals surface area contributed by atoms with E-state index in [0.29, 0.717) is 0 Å². The lowest BCUT2D eigenvalue weighted by molar-refractivity contribution is -0.163. The lowest BCUT2D eigenvalue weighted by Crippen LogP contribution is -2.38. The molecule has 0 bridgehead atoms. The van der Waals surface area contributed by atoms with Gasteiger partial charge in [0, 0.05) is 0 Å². The van der Waals surface area contributed by atoms with Crippen LogP contribution < -0.4 is 5.32 Å². The Bertz CT molecular complexity index is 115. The predicted molar refractivity (Wildman–Crippen MR) is 26.5 cm³/mol. The molecule has 0 aliphatic heterocycles. The largest absolute Gasteiger partial charge is 0.477 e. The number of carboxylic acids is 1. The third-order valence-electron chi connectivity index (χ3n) is 0.712. The van der Waals surface area contributed by atoms with E-state index >= 15 is 0 Å². The van der Waals surface area contributed by atoms with Gasteiger partial charge >= 0.3 is 11.9 Å². The van der Waals surface area contributed by atoms with Crippen LogP contribution in [0, 0.1) is 0 Å². The first-order chi connectivity index (χ1) is 4.00. The van der Waals surface area contributed by atoms with E-state index < -0.39 is 18.4 Å². The summed E-state index contributed by atoms with van der Waals surface area (Å²) in [6, 6.07) is 0. The van der Waals surface area contributed by atoms with Gasteiger partial charge in [-0.3, -0.25) is 0 Å². The molecule has 0 heterocycles. The smallest absolute Gasteiger partial charge is 0.375 e. The average Bonchev–Trinajstić information content (AvgIpc) is 1.65. The average molecular weight is 139 g/mol. The summed E-state index contributed by atoms with van der Waals surface area (Å²) in [6.45, 7) is -0.831. The first-order valence-corrected chi connectivity index (χ1v) is 2.26. The SMILES string of the molecule is CNCC(F)(F)C(=O)O. The highest BCUT2D eigenvalue weighted by molar-refractivity contribution is 5.75. The minimum Gasteiger partial charge on any atom is -0.477 e. The van der Waals surface area contributed by atoms with Crippen LogP contribution in [0.1, 0.15) is 0 Å². The zero-order chi connectivity index (χ0) is 7.49. The number of nitrogens with one attached hydrogen (secondary N) is 1. The molecule has 0 spiro atoms. The molecule has 2 N–H and O–H groups in total. The minimum absolute atomic E-state index is 0.831. The second-order valence-electron chi connectivity index (χ2n) is 1.54. The van der Waals surface area contributed by atoms with Crippen molar-refractivity contribution in [2.45, 2.75) is 5.92 Å². The van der Waals surface area contributed by atoms with Crippen molar-refractivity contribution in [3.63, 3.8) is 0 Å². The van der Waals surface area contributed by atoms with Gasteiger partial charge in [0.2, 0.25) is 0 Å². The van der Waals surface area contributed by atoms with Gasteiger partial charge in [0.05, 0.1) is 6.54 Å². The lowest BCUT2D eigenvalue weighted by Gasteiger charge is -2.08. The second-order valence-corrected chi connectivity index (χ2v) is 1.54. The van der Waals surface area contributed by atoms with Crippen molar-refractivity contribution in [3.05, 3.63) is 0 Å². The van der Waals surface area contributed by atoms with Gasteiger partial charge in [0.15, 0.2) is 0 Å². The van der Waals surface area contributed by atoms with E-state index in [-0.39, 0.29) is 0 Å². The summed E-state index contributed by atoms with van der Waals surface area (Å²) in [5.74, 6) is -5.74. The predicted octanol–water partition coefficient (Wildman–Crippen LogP) is -0.0743. The molecule has 54 valence electrons. The first-order valence-electron chi connectivity index (χ1n) is 2.26. The Morgan fingerprint density at radius 2 is 2.22 bits per heavy atom. The van der Waals surface area contributed by atoms with E-state index in [1.165, 1.54) is 7.05 Å². The molecule has 0 aliphatic rings. The van der Waals surface area contributed by atoms with Crippen LogP contribution in [0.25, 0.3) is 0 Å². The topological polar surface area (TPSA) is 49.3 Å². The summed E-state index contributed by atoms with van der Waals surface area (Å²) in [5, 5.41) is 9.84. The molecule has 5 heteroatoms. The fraction of sp³-hybridized carbons (Fsp3) is 0.750. The van der Waals surface area contributed by atoms with Gasteiger partial charge in [0.25, 0.3) is 0 Å². The summed E-state index contributed by atoms with van der Waals surface area (Å²) >= 11 is 0. The molecule has 0 amide bonds. The van der Waals surface area contributed by atoms with E-state index in [9.17, 15) is 13.6 Å². The molecule has 3 nitrogen and oxygen atoms in total. The maximum atomic E-state index is 11.9. The molecule has 0 radical (unpaired) electrons. The van der Waals surface area contributed by atoms with Crippen LogP contribution in [-0.4, -0.2) is 30.6 Å². The van der Waals surface area contributed by atoms with Crippen molar-refractivity contribution in [2.75, 3.05) is 13.6 Å². The number of aliphatic carboxylic acids is 1. The molecule has 0 aliphatic carbocycles. The first kappa shape index (κ1) is 8.29. The van der Waals surface area contributed by atoms with E-state index in [1.54, 1.807) is 0 Å². The summed E-state index contributed by atoms with van der Waals surface area (Å²) in [5.41, 5.74) is 0. The van der Waals surface area contributed by atoms with Crippen molar-refractivity contribution < 1.29 is 18.7 Å². The van der Waals surface area contributed by atoms with Crippen LogP contribution in [0.15, 0.2) is 0 Å². The minimum atomic E-state index is -3.64. The highest BCUT2D eigenvalue weighted by Crippen LogP contribution is 2.10. The number of carbonyl (C=O) groups is 1. The van der Waals surface area contributed by atoms with Gasteiger partial charge in [-0.05, 0) is 7.05 Å². The quantitative estimate of drug-likeness (QED) is 0.575. The lowest BCUT2D eigenvalue weighted by atomic mass is 10.3. The van der Waals surface area contributed by atoms with Crippen molar-refractivity contribution >= 4 is 5.97 Å². The molecule has 0 aromatic rings. The second kappa shape index (κ2) is 2.72. The Hall–Kier alpha value is -0.710. The number of alkyl halides is 2. The van der Waals surface area contributed by atoms with Gasteiger partial charge in [-0.2, -0.15) is 8.78 Å². The third-order valence-corrected chi connectivity index (χ3v) is 0.712. The van der Waals surface area contributed by atoms with Crippen molar-refractivity contribution in [1.29, 1.82) is 0 Å². The van der Waals surface area contributed by atoms with Gasteiger partial charge in [-0.15, -0.1) is 0 Å². The third kappa shape index (κ3) is 2.36. The number of carboxylic acid groups (broad SMARTS) is 1. The van der Waals surface area contributed by atoms with Crippen molar-refractivity contribution in [2.24, 2.45) is 0 Å².